The monoisotopic (exact) mass is 281 g/mol. The van der Waals surface area contributed by atoms with Crippen molar-refractivity contribution in [3.8, 4) is 0 Å². The SMILES string of the molecule is NC1C(OCCCCCS)OC(CO)C(O)C1O. The van der Waals surface area contributed by atoms with E-state index in [2.05, 4.69) is 12.6 Å². The zero-order valence-electron chi connectivity index (χ0n) is 10.3. The van der Waals surface area contributed by atoms with Crippen molar-refractivity contribution in [2.75, 3.05) is 19.0 Å². The molecule has 1 rings (SSSR count). The summed E-state index contributed by atoms with van der Waals surface area (Å²) in [5.74, 6) is 0.844. The van der Waals surface area contributed by atoms with E-state index >= 15 is 0 Å². The van der Waals surface area contributed by atoms with Gasteiger partial charge in [0.15, 0.2) is 6.29 Å². The lowest BCUT2D eigenvalue weighted by atomic mass is 9.98. The van der Waals surface area contributed by atoms with Gasteiger partial charge in [-0.05, 0) is 18.6 Å². The number of aliphatic hydroxyl groups is 3. The molecule has 5 unspecified atom stereocenters. The van der Waals surface area contributed by atoms with Gasteiger partial charge >= 0.3 is 0 Å². The fraction of sp³-hybridized carbons (Fsp3) is 1.00. The molecule has 7 heteroatoms. The van der Waals surface area contributed by atoms with E-state index < -0.39 is 30.6 Å². The van der Waals surface area contributed by atoms with Gasteiger partial charge in [0.25, 0.3) is 0 Å². The van der Waals surface area contributed by atoms with Crippen LogP contribution in [0, 0.1) is 0 Å². The number of aliphatic hydroxyl groups excluding tert-OH is 3. The molecule has 1 fully saturated rings. The van der Waals surface area contributed by atoms with Crippen LogP contribution < -0.4 is 5.73 Å². The highest BCUT2D eigenvalue weighted by Gasteiger charge is 2.42. The summed E-state index contributed by atoms with van der Waals surface area (Å²) < 4.78 is 10.8. The second-order valence-electron chi connectivity index (χ2n) is 4.44. The van der Waals surface area contributed by atoms with Crippen LogP contribution in [0.3, 0.4) is 0 Å². The molecule has 18 heavy (non-hydrogen) atoms. The lowest BCUT2D eigenvalue weighted by Crippen LogP contribution is -2.62. The van der Waals surface area contributed by atoms with Gasteiger partial charge in [0.05, 0.1) is 12.6 Å². The van der Waals surface area contributed by atoms with Gasteiger partial charge in [-0.3, -0.25) is 0 Å². The third kappa shape index (κ3) is 4.34. The van der Waals surface area contributed by atoms with E-state index in [1.807, 2.05) is 0 Å². The molecule has 0 aromatic heterocycles. The van der Waals surface area contributed by atoms with E-state index in [0.29, 0.717) is 6.61 Å². The Morgan fingerprint density at radius 2 is 1.89 bits per heavy atom. The molecule has 0 aromatic carbocycles. The second-order valence-corrected chi connectivity index (χ2v) is 4.89. The summed E-state index contributed by atoms with van der Waals surface area (Å²) in [4.78, 5) is 0. The molecule has 0 spiro atoms. The molecule has 0 radical (unpaired) electrons. The van der Waals surface area contributed by atoms with Gasteiger partial charge in [0.2, 0.25) is 0 Å². The maximum absolute atomic E-state index is 9.70. The Morgan fingerprint density at radius 1 is 1.17 bits per heavy atom. The molecule has 1 aliphatic rings. The Labute approximate surface area is 112 Å². The predicted molar refractivity (Wildman–Crippen MR) is 69.4 cm³/mol. The van der Waals surface area contributed by atoms with Crippen molar-refractivity contribution in [1.29, 1.82) is 0 Å². The van der Waals surface area contributed by atoms with Gasteiger partial charge in [-0.15, -0.1) is 0 Å². The molecule has 0 amide bonds. The molecule has 0 saturated carbocycles. The van der Waals surface area contributed by atoms with E-state index in [1.54, 1.807) is 0 Å². The first kappa shape index (κ1) is 16.2. The van der Waals surface area contributed by atoms with Crippen molar-refractivity contribution in [1.82, 2.24) is 0 Å². The lowest BCUT2D eigenvalue weighted by Gasteiger charge is -2.40. The zero-order chi connectivity index (χ0) is 13.5. The minimum Gasteiger partial charge on any atom is -0.394 e. The topological polar surface area (TPSA) is 105 Å². The van der Waals surface area contributed by atoms with Crippen LogP contribution in [0.4, 0.5) is 0 Å². The molecule has 108 valence electrons. The molecule has 0 aromatic rings. The Hall–Kier alpha value is 0.110. The standard InChI is InChI=1S/C11H23NO5S/c12-8-10(15)9(14)7(6-13)17-11(8)16-4-2-1-3-5-18/h7-11,13-15,18H,1-6,12H2. The summed E-state index contributed by atoms with van der Waals surface area (Å²) in [6, 6.07) is -0.812. The van der Waals surface area contributed by atoms with Crippen LogP contribution in [0.25, 0.3) is 0 Å². The average Bonchev–Trinajstić information content (AvgIpc) is 2.38. The van der Waals surface area contributed by atoms with Crippen molar-refractivity contribution in [2.45, 2.75) is 49.9 Å². The highest BCUT2D eigenvalue weighted by atomic mass is 32.1. The smallest absolute Gasteiger partial charge is 0.175 e. The number of hydrogen-bond donors (Lipinski definition) is 5. The van der Waals surface area contributed by atoms with Gasteiger partial charge < -0.3 is 30.5 Å². The summed E-state index contributed by atoms with van der Waals surface area (Å²) in [7, 11) is 0. The van der Waals surface area contributed by atoms with Gasteiger partial charge in [-0.1, -0.05) is 6.42 Å². The first-order valence-electron chi connectivity index (χ1n) is 6.22. The number of hydrogen-bond acceptors (Lipinski definition) is 7. The van der Waals surface area contributed by atoms with Crippen molar-refractivity contribution in [3.05, 3.63) is 0 Å². The van der Waals surface area contributed by atoms with E-state index in [-0.39, 0.29) is 6.61 Å². The predicted octanol–water partition coefficient (Wildman–Crippen LogP) is -1.13. The number of unbranched alkanes of at least 4 members (excludes halogenated alkanes) is 2. The van der Waals surface area contributed by atoms with Gasteiger partial charge in [-0.25, -0.2) is 0 Å². The Balaban J connectivity index is 2.35. The van der Waals surface area contributed by atoms with E-state index in [0.717, 1.165) is 25.0 Å². The summed E-state index contributed by atoms with van der Waals surface area (Å²) in [5, 5.41) is 28.3. The summed E-state index contributed by atoms with van der Waals surface area (Å²) in [5.41, 5.74) is 5.72. The van der Waals surface area contributed by atoms with Crippen molar-refractivity contribution < 1.29 is 24.8 Å². The van der Waals surface area contributed by atoms with Crippen LogP contribution in [-0.4, -0.2) is 64.9 Å². The fourth-order valence-electron chi connectivity index (χ4n) is 1.84. The molecule has 5 N–H and O–H groups in total. The van der Waals surface area contributed by atoms with Crippen LogP contribution in [0.5, 0.6) is 0 Å². The summed E-state index contributed by atoms with van der Waals surface area (Å²) in [6.07, 6.45) is -1.12. The Kier molecular flexibility index (Phi) is 7.47. The highest BCUT2D eigenvalue weighted by molar-refractivity contribution is 7.80. The van der Waals surface area contributed by atoms with E-state index in [4.69, 9.17) is 20.3 Å². The molecule has 1 heterocycles. The van der Waals surface area contributed by atoms with Crippen LogP contribution in [0.1, 0.15) is 19.3 Å². The number of rotatable bonds is 7. The quantitative estimate of drug-likeness (QED) is 0.299. The van der Waals surface area contributed by atoms with Crippen LogP contribution in [0.15, 0.2) is 0 Å². The largest absolute Gasteiger partial charge is 0.394 e. The average molecular weight is 281 g/mol. The summed E-state index contributed by atoms with van der Waals surface area (Å²) >= 11 is 4.11. The zero-order valence-corrected chi connectivity index (χ0v) is 11.2. The molecule has 5 atom stereocenters. The lowest BCUT2D eigenvalue weighted by molar-refractivity contribution is -0.265. The minimum absolute atomic E-state index is 0.384. The summed E-state index contributed by atoms with van der Waals surface area (Å²) in [6.45, 7) is 0.0809. The Morgan fingerprint density at radius 3 is 2.50 bits per heavy atom. The number of ether oxygens (including phenoxy) is 2. The number of thiol groups is 1. The van der Waals surface area contributed by atoms with Crippen LogP contribution in [0.2, 0.25) is 0 Å². The third-order valence-corrected chi connectivity index (χ3v) is 3.33. The molecule has 6 nitrogen and oxygen atoms in total. The van der Waals surface area contributed by atoms with Crippen molar-refractivity contribution >= 4 is 12.6 Å². The first-order chi connectivity index (χ1) is 8.61. The maximum atomic E-state index is 9.70. The molecule has 0 bridgehead atoms. The highest BCUT2D eigenvalue weighted by Crippen LogP contribution is 2.20. The van der Waals surface area contributed by atoms with Crippen molar-refractivity contribution in [3.63, 3.8) is 0 Å². The normalized spacial score (nSPS) is 36.8. The molecule has 1 saturated heterocycles. The van der Waals surface area contributed by atoms with Gasteiger partial charge in [0, 0.05) is 6.61 Å². The van der Waals surface area contributed by atoms with E-state index in [9.17, 15) is 10.2 Å². The fourth-order valence-corrected chi connectivity index (χ4v) is 2.07. The maximum Gasteiger partial charge on any atom is 0.175 e. The minimum atomic E-state index is -1.19. The van der Waals surface area contributed by atoms with Crippen molar-refractivity contribution in [2.24, 2.45) is 5.73 Å². The first-order valence-corrected chi connectivity index (χ1v) is 6.85. The second kappa shape index (κ2) is 8.31. The molecule has 1 aliphatic heterocycles. The number of nitrogens with two attached hydrogens (primary N) is 1. The van der Waals surface area contributed by atoms with Crippen LogP contribution >= 0.6 is 12.6 Å². The molecule has 0 aliphatic carbocycles. The van der Waals surface area contributed by atoms with Gasteiger partial charge in [-0.2, -0.15) is 12.6 Å². The van der Waals surface area contributed by atoms with Crippen LogP contribution in [-0.2, 0) is 9.47 Å². The van der Waals surface area contributed by atoms with E-state index in [1.165, 1.54) is 0 Å². The molecular weight excluding hydrogens is 258 g/mol. The Bertz CT molecular complexity index is 231. The van der Waals surface area contributed by atoms with Gasteiger partial charge in [0.1, 0.15) is 18.3 Å². The third-order valence-electron chi connectivity index (χ3n) is 3.01. The molecular formula is C11H23NO5S.